The van der Waals surface area contributed by atoms with Crippen LogP contribution in [0.3, 0.4) is 0 Å². The van der Waals surface area contributed by atoms with Crippen molar-refractivity contribution in [3.63, 3.8) is 0 Å². The minimum absolute atomic E-state index is 0.205. The van der Waals surface area contributed by atoms with Gasteiger partial charge >= 0.3 is 0 Å². The topological polar surface area (TPSA) is 49.8 Å². The number of nitrogens with zero attached hydrogens (tertiary/aromatic N) is 1. The predicted octanol–water partition coefficient (Wildman–Crippen LogP) is 3.28. The fourth-order valence-electron chi connectivity index (χ4n) is 2.94. The molecule has 0 radical (unpaired) electrons. The fraction of sp³-hybridized carbons (Fsp3) is 0.211. The average molecular weight is 309 g/mol. The van der Waals surface area contributed by atoms with Crippen LogP contribution in [-0.4, -0.2) is 23.8 Å². The second-order valence-electron chi connectivity index (χ2n) is 5.32. The van der Waals surface area contributed by atoms with Crippen LogP contribution in [0.5, 0.6) is 0 Å². The van der Waals surface area contributed by atoms with E-state index in [2.05, 4.69) is 0 Å². The van der Waals surface area contributed by atoms with Crippen molar-refractivity contribution in [1.29, 1.82) is 0 Å². The normalized spacial score (nSPS) is 18.6. The maximum absolute atomic E-state index is 12.0. The van der Waals surface area contributed by atoms with Gasteiger partial charge < -0.3 is 9.84 Å². The lowest BCUT2D eigenvalue weighted by Gasteiger charge is -2.21. The number of carbonyl (C=O) groups is 1. The van der Waals surface area contributed by atoms with Crippen LogP contribution in [0.2, 0.25) is 0 Å². The van der Waals surface area contributed by atoms with E-state index in [-0.39, 0.29) is 5.91 Å². The van der Waals surface area contributed by atoms with E-state index in [4.69, 9.17) is 4.74 Å². The van der Waals surface area contributed by atoms with Crippen molar-refractivity contribution in [2.24, 2.45) is 0 Å². The number of hydrogen-bond donors (Lipinski definition) is 1. The Balaban J connectivity index is 2.25. The van der Waals surface area contributed by atoms with E-state index in [1.54, 1.807) is 0 Å². The summed E-state index contributed by atoms with van der Waals surface area (Å²) in [5.41, 5.74) is 3.03. The zero-order valence-corrected chi connectivity index (χ0v) is 13.2. The van der Waals surface area contributed by atoms with Crippen molar-refractivity contribution in [2.45, 2.75) is 20.1 Å². The van der Waals surface area contributed by atoms with Gasteiger partial charge in [-0.25, -0.2) is 0 Å². The summed E-state index contributed by atoms with van der Waals surface area (Å²) in [4.78, 5) is 13.4. The SMILES string of the molecule is CCO/C(=C1\c2ccccc2N(C(C)=O)C1O)c1ccccc1. The van der Waals surface area contributed by atoms with Crippen LogP contribution in [0, 0.1) is 0 Å². The third kappa shape index (κ3) is 2.62. The first-order valence-electron chi connectivity index (χ1n) is 7.64. The molecule has 2 aromatic carbocycles. The Kier molecular flexibility index (Phi) is 4.17. The first kappa shape index (κ1) is 15.3. The molecule has 1 heterocycles. The average Bonchev–Trinajstić information content (AvgIpc) is 2.85. The van der Waals surface area contributed by atoms with Gasteiger partial charge in [-0.2, -0.15) is 0 Å². The molecular formula is C19H19NO3. The molecule has 0 aromatic heterocycles. The molecular weight excluding hydrogens is 290 g/mol. The molecule has 1 amide bonds. The van der Waals surface area contributed by atoms with Gasteiger partial charge in [0.05, 0.1) is 17.9 Å². The van der Waals surface area contributed by atoms with Gasteiger partial charge in [0.1, 0.15) is 5.76 Å². The second kappa shape index (κ2) is 6.26. The van der Waals surface area contributed by atoms with Gasteiger partial charge in [0.15, 0.2) is 6.23 Å². The summed E-state index contributed by atoms with van der Waals surface area (Å²) in [5.74, 6) is 0.403. The molecule has 0 fully saturated rings. The van der Waals surface area contributed by atoms with Crippen molar-refractivity contribution < 1.29 is 14.6 Å². The van der Waals surface area contributed by atoms with Crippen molar-refractivity contribution >= 4 is 22.9 Å². The predicted molar refractivity (Wildman–Crippen MR) is 90.5 cm³/mol. The summed E-state index contributed by atoms with van der Waals surface area (Å²) in [6.07, 6.45) is -1.05. The molecule has 4 heteroatoms. The molecule has 118 valence electrons. The van der Waals surface area contributed by atoms with E-state index in [9.17, 15) is 9.90 Å². The van der Waals surface area contributed by atoms with E-state index in [0.29, 0.717) is 23.6 Å². The molecule has 2 aromatic rings. The molecule has 1 aliphatic heterocycles. The van der Waals surface area contributed by atoms with E-state index in [1.807, 2.05) is 61.5 Å². The van der Waals surface area contributed by atoms with Gasteiger partial charge in [-0.05, 0) is 13.0 Å². The summed E-state index contributed by atoms with van der Waals surface area (Å²) in [6, 6.07) is 17.1. The summed E-state index contributed by atoms with van der Waals surface area (Å²) < 4.78 is 5.85. The number of rotatable bonds is 3. The van der Waals surface area contributed by atoms with Gasteiger partial charge in [0.25, 0.3) is 0 Å². The molecule has 0 saturated carbocycles. The molecule has 0 aliphatic carbocycles. The molecule has 3 rings (SSSR count). The number of hydrogen-bond acceptors (Lipinski definition) is 3. The van der Waals surface area contributed by atoms with E-state index < -0.39 is 6.23 Å². The maximum Gasteiger partial charge on any atom is 0.226 e. The number of benzene rings is 2. The Morgan fingerprint density at radius 2 is 1.78 bits per heavy atom. The van der Waals surface area contributed by atoms with Crippen LogP contribution in [0.25, 0.3) is 11.3 Å². The number of carbonyl (C=O) groups excluding carboxylic acids is 1. The molecule has 0 bridgehead atoms. The quantitative estimate of drug-likeness (QED) is 0.885. The monoisotopic (exact) mass is 309 g/mol. The smallest absolute Gasteiger partial charge is 0.226 e. The highest BCUT2D eigenvalue weighted by molar-refractivity contribution is 6.07. The largest absolute Gasteiger partial charge is 0.493 e. The Bertz CT molecular complexity index is 752. The highest BCUT2D eigenvalue weighted by Crippen LogP contribution is 2.43. The molecule has 1 aliphatic rings. The van der Waals surface area contributed by atoms with E-state index in [0.717, 1.165) is 11.1 Å². The van der Waals surface area contributed by atoms with Crippen LogP contribution in [0.4, 0.5) is 5.69 Å². The minimum Gasteiger partial charge on any atom is -0.493 e. The zero-order valence-electron chi connectivity index (χ0n) is 13.2. The molecule has 0 saturated heterocycles. The van der Waals surface area contributed by atoms with E-state index in [1.165, 1.54) is 11.8 Å². The Morgan fingerprint density at radius 1 is 1.13 bits per heavy atom. The molecule has 4 nitrogen and oxygen atoms in total. The molecule has 1 unspecified atom stereocenters. The zero-order chi connectivity index (χ0) is 16.4. The minimum atomic E-state index is -1.05. The molecule has 1 atom stereocenters. The first-order valence-corrected chi connectivity index (χ1v) is 7.64. The van der Waals surface area contributed by atoms with Crippen molar-refractivity contribution in [3.05, 3.63) is 65.7 Å². The molecule has 0 spiro atoms. The fourth-order valence-corrected chi connectivity index (χ4v) is 2.94. The lowest BCUT2D eigenvalue weighted by Crippen LogP contribution is -2.35. The summed E-state index contributed by atoms with van der Waals surface area (Å²) in [6.45, 7) is 3.83. The van der Waals surface area contributed by atoms with Crippen LogP contribution in [0.1, 0.15) is 25.0 Å². The van der Waals surface area contributed by atoms with Crippen molar-refractivity contribution in [1.82, 2.24) is 0 Å². The Hall–Kier alpha value is -2.59. The number of para-hydroxylation sites is 1. The van der Waals surface area contributed by atoms with E-state index >= 15 is 0 Å². The van der Waals surface area contributed by atoms with Gasteiger partial charge in [0.2, 0.25) is 5.91 Å². The van der Waals surface area contributed by atoms with Crippen LogP contribution in [0.15, 0.2) is 54.6 Å². The lowest BCUT2D eigenvalue weighted by atomic mass is 10.0. The number of anilines is 1. The van der Waals surface area contributed by atoms with Crippen LogP contribution in [-0.2, 0) is 9.53 Å². The van der Waals surface area contributed by atoms with Gasteiger partial charge in [-0.3, -0.25) is 9.69 Å². The standard InChI is InChI=1S/C19H19NO3/c1-3-23-18(14-9-5-4-6-10-14)17-15-11-7-8-12-16(15)20(13(2)21)19(17)22/h4-12,19,22H,3H2,1-2H3/b18-17+. The molecule has 23 heavy (non-hydrogen) atoms. The van der Waals surface area contributed by atoms with Gasteiger partial charge in [0, 0.05) is 18.1 Å². The highest BCUT2D eigenvalue weighted by atomic mass is 16.5. The van der Waals surface area contributed by atoms with Gasteiger partial charge in [-0.15, -0.1) is 0 Å². The van der Waals surface area contributed by atoms with Crippen molar-refractivity contribution in [3.8, 4) is 0 Å². The van der Waals surface area contributed by atoms with Crippen LogP contribution >= 0.6 is 0 Å². The van der Waals surface area contributed by atoms with Crippen LogP contribution < -0.4 is 4.90 Å². The number of amides is 1. The Labute approximate surface area is 135 Å². The van der Waals surface area contributed by atoms with Crippen molar-refractivity contribution in [2.75, 3.05) is 11.5 Å². The van der Waals surface area contributed by atoms with Gasteiger partial charge in [-0.1, -0.05) is 48.5 Å². The summed E-state index contributed by atoms with van der Waals surface area (Å²) in [7, 11) is 0. The number of ether oxygens (including phenoxy) is 1. The molecule has 1 N–H and O–H groups in total. The Morgan fingerprint density at radius 3 is 2.43 bits per heavy atom. The summed E-state index contributed by atoms with van der Waals surface area (Å²) >= 11 is 0. The first-order chi connectivity index (χ1) is 11.1. The number of aliphatic hydroxyl groups is 1. The highest BCUT2D eigenvalue weighted by Gasteiger charge is 2.37. The second-order valence-corrected chi connectivity index (χ2v) is 5.32. The summed E-state index contributed by atoms with van der Waals surface area (Å²) in [5, 5.41) is 10.8. The lowest BCUT2D eigenvalue weighted by molar-refractivity contribution is -0.117. The number of aliphatic hydroxyl groups excluding tert-OH is 1. The maximum atomic E-state index is 12.0. The third-order valence-electron chi connectivity index (χ3n) is 3.87. The number of fused-ring (bicyclic) bond motifs is 1. The third-order valence-corrected chi connectivity index (χ3v) is 3.87.